The van der Waals surface area contributed by atoms with Gasteiger partial charge in [0.25, 0.3) is 11.8 Å². The number of benzene rings is 4. The number of ether oxygens (including phenoxy) is 4. The molecule has 1 heterocycles. The number of unbranched alkanes of at least 4 members (excludes halogenated alkanes) is 2. The highest BCUT2D eigenvalue weighted by atomic mass is 19.4. The average molecular weight is 1020 g/mol. The van der Waals surface area contributed by atoms with Crippen molar-refractivity contribution in [3.63, 3.8) is 0 Å². The van der Waals surface area contributed by atoms with Gasteiger partial charge in [0.05, 0.1) is 55.5 Å². The summed E-state index contributed by atoms with van der Waals surface area (Å²) in [5, 5.41) is 8.26. The fourth-order valence-corrected chi connectivity index (χ4v) is 7.53. The highest BCUT2D eigenvalue weighted by molar-refractivity contribution is 6.00. The number of hydrogen-bond acceptors (Lipinski definition) is 13. The van der Waals surface area contributed by atoms with E-state index in [4.69, 9.17) is 28.2 Å². The lowest BCUT2D eigenvalue weighted by molar-refractivity contribution is -0.171. The molecule has 0 saturated carbocycles. The molecule has 5 aromatic rings. The van der Waals surface area contributed by atoms with Crippen LogP contribution in [-0.4, -0.2) is 79.6 Å². The van der Waals surface area contributed by atoms with E-state index in [-0.39, 0.29) is 67.7 Å². The summed E-state index contributed by atoms with van der Waals surface area (Å²) in [5.41, 5.74) is -0.415. The highest BCUT2D eigenvalue weighted by Gasteiger charge is 2.39. The number of carbonyl (C=O) groups is 7. The third-order valence-electron chi connectivity index (χ3n) is 11.3. The van der Waals surface area contributed by atoms with Crippen molar-refractivity contribution in [3.8, 4) is 22.8 Å². The van der Waals surface area contributed by atoms with Crippen LogP contribution in [0, 0.1) is 5.92 Å². The number of hydrogen-bond donors (Lipinski definition) is 3. The summed E-state index contributed by atoms with van der Waals surface area (Å²) in [6, 6.07) is 25.1. The summed E-state index contributed by atoms with van der Waals surface area (Å²) in [6.07, 6.45) is -3.15. The number of rotatable bonds is 27. The van der Waals surface area contributed by atoms with Crippen LogP contribution in [0.4, 0.5) is 13.2 Å². The summed E-state index contributed by atoms with van der Waals surface area (Å²) >= 11 is 0. The number of carbonyl (C=O) groups excluding carboxylic acids is 7. The minimum atomic E-state index is -4.97. The Balaban J connectivity index is 1.24. The topological polar surface area (TPSA) is 218 Å². The Labute approximate surface area is 419 Å². The predicted molar refractivity (Wildman–Crippen MR) is 257 cm³/mol. The van der Waals surface area contributed by atoms with Crippen molar-refractivity contribution in [2.75, 3.05) is 20.4 Å². The standard InChI is InChI=1S/C53H57F3N4O13/c1-5-8-11-20-39(43(6-2)60(33-61)73-51(66)38-24-22-37(68-4)28-41(38)53(54,55)56)48(63)57-32-58-50(65)45-26-25-44(72-45)36-21-23-40(46(27-36)69-7-3)49(64)59-42(52(67)71-31-35-18-14-10-15-19-35)29-47(62)70-30-34-16-12-9-13-17-34/h9-10,12-19,21-28,33,39,42-43H,5-8,11,20,29-32H2,1-4H3,(H,57,63)(H,58,65)(H,59,64)/t39-,42?,43?/m1/s1. The summed E-state index contributed by atoms with van der Waals surface area (Å²) in [4.78, 5) is 97.8. The molecule has 5 rings (SSSR count). The molecule has 0 aliphatic carbocycles. The van der Waals surface area contributed by atoms with Gasteiger partial charge in [-0.05, 0) is 73.4 Å². The zero-order valence-electron chi connectivity index (χ0n) is 40.7. The molecule has 73 heavy (non-hydrogen) atoms. The van der Waals surface area contributed by atoms with Gasteiger partial charge in [0.2, 0.25) is 12.3 Å². The van der Waals surface area contributed by atoms with E-state index < -0.39 is 84.0 Å². The lowest BCUT2D eigenvalue weighted by atomic mass is 9.90. The first-order valence-electron chi connectivity index (χ1n) is 23.5. The second-order valence-corrected chi connectivity index (χ2v) is 16.3. The minimum absolute atomic E-state index is 0.00458. The number of esters is 2. The molecule has 0 fully saturated rings. The van der Waals surface area contributed by atoms with Gasteiger partial charge in [0.15, 0.2) is 5.76 Å². The van der Waals surface area contributed by atoms with Crippen molar-refractivity contribution in [1.29, 1.82) is 0 Å². The Hall–Kier alpha value is -8.16. The highest BCUT2D eigenvalue weighted by Crippen LogP contribution is 2.35. The molecule has 3 atom stereocenters. The number of nitrogens with zero attached hydrogens (tertiary/aromatic N) is 1. The number of hydroxylamine groups is 2. The molecule has 2 unspecified atom stereocenters. The van der Waals surface area contributed by atoms with Gasteiger partial charge in [0, 0.05) is 5.56 Å². The van der Waals surface area contributed by atoms with Crippen LogP contribution >= 0.6 is 0 Å². The van der Waals surface area contributed by atoms with E-state index in [1.807, 2.05) is 13.0 Å². The van der Waals surface area contributed by atoms with Gasteiger partial charge in [-0.15, -0.1) is 0 Å². The van der Waals surface area contributed by atoms with Crippen LogP contribution in [-0.2, 0) is 52.9 Å². The van der Waals surface area contributed by atoms with Gasteiger partial charge in [0.1, 0.15) is 36.5 Å². The van der Waals surface area contributed by atoms with Gasteiger partial charge in [-0.2, -0.15) is 18.2 Å². The smallest absolute Gasteiger partial charge is 0.417 e. The molecule has 4 amide bonds. The van der Waals surface area contributed by atoms with E-state index in [2.05, 4.69) is 16.0 Å². The molecular formula is C53H57F3N4O13. The number of methoxy groups -OCH3 is 1. The van der Waals surface area contributed by atoms with Crippen molar-refractivity contribution in [2.24, 2.45) is 5.92 Å². The Kier molecular flexibility index (Phi) is 21.0. The van der Waals surface area contributed by atoms with Crippen LogP contribution in [0.3, 0.4) is 0 Å². The Bertz CT molecular complexity index is 2660. The van der Waals surface area contributed by atoms with Gasteiger partial charge in [-0.1, -0.05) is 99.8 Å². The fraction of sp³-hybridized carbons (Fsp3) is 0.340. The van der Waals surface area contributed by atoms with E-state index in [9.17, 15) is 46.7 Å². The van der Waals surface area contributed by atoms with Crippen molar-refractivity contribution >= 4 is 42.0 Å². The molecule has 0 bridgehead atoms. The summed E-state index contributed by atoms with van der Waals surface area (Å²) in [5.74, 6) is -6.33. The number of halogens is 3. The van der Waals surface area contributed by atoms with Crippen molar-refractivity contribution in [2.45, 2.75) is 90.8 Å². The first kappa shape index (κ1) is 55.8. The normalized spacial score (nSPS) is 12.3. The largest absolute Gasteiger partial charge is 0.497 e. The van der Waals surface area contributed by atoms with E-state index >= 15 is 0 Å². The van der Waals surface area contributed by atoms with Crippen molar-refractivity contribution < 1.29 is 74.9 Å². The maximum Gasteiger partial charge on any atom is 0.417 e. The first-order chi connectivity index (χ1) is 35.1. The molecule has 0 saturated heterocycles. The summed E-state index contributed by atoms with van der Waals surface area (Å²) in [6.45, 7) is 4.77. The average Bonchev–Trinajstić information content (AvgIpc) is 3.90. The zero-order chi connectivity index (χ0) is 52.9. The fourth-order valence-electron chi connectivity index (χ4n) is 7.53. The van der Waals surface area contributed by atoms with Crippen LogP contribution in [0.1, 0.15) is 107 Å². The van der Waals surface area contributed by atoms with Gasteiger partial charge in [-0.25, -0.2) is 9.59 Å². The number of furan rings is 1. The van der Waals surface area contributed by atoms with Gasteiger partial charge >= 0.3 is 24.1 Å². The predicted octanol–water partition coefficient (Wildman–Crippen LogP) is 8.36. The lowest BCUT2D eigenvalue weighted by Gasteiger charge is -2.32. The molecule has 4 aromatic carbocycles. The second kappa shape index (κ2) is 27.4. The van der Waals surface area contributed by atoms with E-state index in [1.165, 1.54) is 30.3 Å². The van der Waals surface area contributed by atoms with Crippen LogP contribution in [0.5, 0.6) is 11.5 Å². The van der Waals surface area contributed by atoms with E-state index in [1.54, 1.807) is 68.4 Å². The van der Waals surface area contributed by atoms with Crippen molar-refractivity contribution in [3.05, 3.63) is 143 Å². The number of nitrogens with one attached hydrogen (secondary N) is 3. The molecule has 0 aliphatic rings. The summed E-state index contributed by atoms with van der Waals surface area (Å²) in [7, 11) is 1.16. The third kappa shape index (κ3) is 16.2. The maximum atomic E-state index is 13.9. The molecule has 20 heteroatoms. The SMILES string of the molecule is CCCCC[C@@H](C(=O)NCNC(=O)c1ccc(-c2ccc(C(=O)NC(CC(=O)OCc3ccccc3)C(=O)OCc3ccccc3)c(OCC)c2)o1)C(CC)N(C=O)OC(=O)c1ccc(OC)cc1C(F)(F)F. The summed E-state index contributed by atoms with van der Waals surface area (Å²) < 4.78 is 69.2. The molecule has 1 aromatic heterocycles. The first-order valence-corrected chi connectivity index (χ1v) is 23.5. The van der Waals surface area contributed by atoms with Crippen LogP contribution in [0.15, 0.2) is 114 Å². The lowest BCUT2D eigenvalue weighted by Crippen LogP contribution is -2.49. The Morgan fingerprint density at radius 1 is 0.767 bits per heavy atom. The van der Waals surface area contributed by atoms with Crippen molar-refractivity contribution in [1.82, 2.24) is 21.0 Å². The molecule has 3 N–H and O–H groups in total. The molecule has 17 nitrogen and oxygen atoms in total. The van der Waals surface area contributed by atoms with E-state index in [0.29, 0.717) is 35.1 Å². The van der Waals surface area contributed by atoms with Crippen LogP contribution < -0.4 is 25.4 Å². The van der Waals surface area contributed by atoms with Crippen LogP contribution in [0.25, 0.3) is 11.3 Å². The zero-order valence-corrected chi connectivity index (χ0v) is 40.7. The molecule has 0 aliphatic heterocycles. The minimum Gasteiger partial charge on any atom is -0.497 e. The molecule has 388 valence electrons. The van der Waals surface area contributed by atoms with E-state index in [0.717, 1.165) is 31.2 Å². The third-order valence-corrected chi connectivity index (χ3v) is 11.3. The second-order valence-electron chi connectivity index (χ2n) is 16.3. The molecular weight excluding hydrogens is 958 g/mol. The van der Waals surface area contributed by atoms with Gasteiger partial charge < -0.3 is 44.2 Å². The monoisotopic (exact) mass is 1010 g/mol. The molecule has 0 spiro atoms. The van der Waals surface area contributed by atoms with Gasteiger partial charge in [-0.3, -0.25) is 24.0 Å². The Morgan fingerprint density at radius 2 is 1.44 bits per heavy atom. The number of alkyl halides is 3. The quantitative estimate of drug-likeness (QED) is 0.0148. The Morgan fingerprint density at radius 3 is 2.05 bits per heavy atom. The van der Waals surface area contributed by atoms with Crippen LogP contribution in [0.2, 0.25) is 0 Å². The molecule has 0 radical (unpaired) electrons. The number of amides is 4. The maximum absolute atomic E-state index is 13.9.